The van der Waals surface area contributed by atoms with Crippen LogP contribution in [0, 0.1) is 6.92 Å². The maximum absolute atomic E-state index is 12.5. The van der Waals surface area contributed by atoms with Crippen LogP contribution in [0.5, 0.6) is 0 Å². The fourth-order valence-electron chi connectivity index (χ4n) is 2.00. The van der Waals surface area contributed by atoms with Gasteiger partial charge in [0, 0.05) is 25.8 Å². The van der Waals surface area contributed by atoms with E-state index in [4.69, 9.17) is 5.11 Å². The van der Waals surface area contributed by atoms with Gasteiger partial charge in [0.25, 0.3) is 10.0 Å². The molecule has 7 heteroatoms. The predicted molar refractivity (Wildman–Crippen MR) is 78.0 cm³/mol. The van der Waals surface area contributed by atoms with Crippen LogP contribution in [0.25, 0.3) is 0 Å². The van der Waals surface area contributed by atoms with Crippen LogP contribution >= 0.6 is 0 Å². The number of hydrogen-bond donors (Lipinski definition) is 1. The molecule has 0 spiro atoms. The van der Waals surface area contributed by atoms with Crippen LogP contribution in [0.15, 0.2) is 11.2 Å². The molecule has 0 unspecified atom stereocenters. The Labute approximate surface area is 121 Å². The molecule has 0 bridgehead atoms. The standard InChI is InChI=1S/C13H25N3O3S/c1-4-6-8-16(9-10-17)20(18,19)13-11-15(7-5-2)12(3)14-13/h11,17H,4-10H2,1-3H3. The van der Waals surface area contributed by atoms with Gasteiger partial charge in [-0.25, -0.2) is 13.4 Å². The Bertz CT molecular complexity index is 511. The van der Waals surface area contributed by atoms with E-state index >= 15 is 0 Å². The lowest BCUT2D eigenvalue weighted by atomic mass is 10.3. The highest BCUT2D eigenvalue weighted by Gasteiger charge is 2.26. The van der Waals surface area contributed by atoms with Crippen LogP contribution in [0.4, 0.5) is 0 Å². The van der Waals surface area contributed by atoms with Gasteiger partial charge in [-0.1, -0.05) is 20.3 Å². The maximum Gasteiger partial charge on any atom is 0.262 e. The molecular formula is C13H25N3O3S. The van der Waals surface area contributed by atoms with Gasteiger partial charge in [0.1, 0.15) is 5.82 Å². The van der Waals surface area contributed by atoms with Crippen molar-refractivity contribution in [3.05, 3.63) is 12.0 Å². The summed E-state index contributed by atoms with van der Waals surface area (Å²) in [6, 6.07) is 0. The van der Waals surface area contributed by atoms with Crippen molar-refractivity contribution in [1.29, 1.82) is 0 Å². The number of sulfonamides is 1. The minimum atomic E-state index is -3.61. The summed E-state index contributed by atoms with van der Waals surface area (Å²) < 4.78 is 28.2. The van der Waals surface area contributed by atoms with Crippen molar-refractivity contribution in [2.45, 2.75) is 51.6 Å². The zero-order valence-corrected chi connectivity index (χ0v) is 13.4. The summed E-state index contributed by atoms with van der Waals surface area (Å²) in [4.78, 5) is 4.16. The van der Waals surface area contributed by atoms with Crippen molar-refractivity contribution in [1.82, 2.24) is 13.9 Å². The quantitative estimate of drug-likeness (QED) is 0.748. The second-order valence-electron chi connectivity index (χ2n) is 4.80. The number of nitrogens with zero attached hydrogens (tertiary/aromatic N) is 3. The van der Waals surface area contributed by atoms with Gasteiger partial charge in [0.2, 0.25) is 0 Å². The van der Waals surface area contributed by atoms with Gasteiger partial charge in [0.15, 0.2) is 5.03 Å². The van der Waals surface area contributed by atoms with Crippen LogP contribution in [0.1, 0.15) is 38.9 Å². The SMILES string of the molecule is CCCCN(CCO)S(=O)(=O)c1cn(CCC)c(C)n1. The fraction of sp³-hybridized carbons (Fsp3) is 0.769. The van der Waals surface area contributed by atoms with Crippen LogP contribution < -0.4 is 0 Å². The number of hydrogen-bond acceptors (Lipinski definition) is 4. The zero-order chi connectivity index (χ0) is 15.2. The number of aliphatic hydroxyl groups excluding tert-OH is 1. The van der Waals surface area contributed by atoms with E-state index in [1.807, 2.05) is 18.4 Å². The first kappa shape index (κ1) is 17.1. The first-order valence-electron chi connectivity index (χ1n) is 7.12. The summed E-state index contributed by atoms with van der Waals surface area (Å²) in [5.74, 6) is 0.699. The average molecular weight is 303 g/mol. The number of rotatable bonds is 9. The van der Waals surface area contributed by atoms with Gasteiger partial charge in [-0.15, -0.1) is 0 Å². The monoisotopic (exact) mass is 303 g/mol. The van der Waals surface area contributed by atoms with Crippen molar-refractivity contribution in [2.75, 3.05) is 19.7 Å². The molecule has 1 N–H and O–H groups in total. The molecule has 0 atom stereocenters. The molecule has 1 aromatic heterocycles. The van der Waals surface area contributed by atoms with Crippen molar-refractivity contribution < 1.29 is 13.5 Å². The van der Waals surface area contributed by atoms with E-state index < -0.39 is 10.0 Å². The van der Waals surface area contributed by atoms with Crippen LogP contribution in [0.2, 0.25) is 0 Å². The maximum atomic E-state index is 12.5. The van der Waals surface area contributed by atoms with E-state index in [2.05, 4.69) is 4.98 Å². The third-order valence-corrected chi connectivity index (χ3v) is 4.90. The molecule has 6 nitrogen and oxygen atoms in total. The molecule has 0 amide bonds. The summed E-state index contributed by atoms with van der Waals surface area (Å²) in [6.45, 7) is 6.94. The smallest absolute Gasteiger partial charge is 0.262 e. The lowest BCUT2D eigenvalue weighted by molar-refractivity contribution is 0.252. The Morgan fingerprint density at radius 3 is 2.55 bits per heavy atom. The molecule has 0 aromatic carbocycles. The van der Waals surface area contributed by atoms with Gasteiger partial charge in [-0.05, 0) is 19.8 Å². The molecule has 0 saturated heterocycles. The highest BCUT2D eigenvalue weighted by molar-refractivity contribution is 7.89. The van der Waals surface area contributed by atoms with Gasteiger partial charge in [-0.3, -0.25) is 0 Å². The summed E-state index contributed by atoms with van der Waals surface area (Å²) in [6.07, 6.45) is 4.19. The van der Waals surface area contributed by atoms with Crippen molar-refractivity contribution in [2.24, 2.45) is 0 Å². The minimum Gasteiger partial charge on any atom is -0.395 e. The first-order valence-corrected chi connectivity index (χ1v) is 8.56. The molecule has 0 aliphatic carbocycles. The Morgan fingerprint density at radius 2 is 2.00 bits per heavy atom. The molecule has 1 heterocycles. The van der Waals surface area contributed by atoms with Gasteiger partial charge in [0.05, 0.1) is 6.61 Å². The van der Waals surface area contributed by atoms with Crippen molar-refractivity contribution in [3.8, 4) is 0 Å². The molecule has 20 heavy (non-hydrogen) atoms. The van der Waals surface area contributed by atoms with Crippen molar-refractivity contribution >= 4 is 10.0 Å². The minimum absolute atomic E-state index is 0.0769. The van der Waals surface area contributed by atoms with Gasteiger partial charge >= 0.3 is 0 Å². The van der Waals surface area contributed by atoms with E-state index in [-0.39, 0.29) is 18.2 Å². The number of unbranched alkanes of at least 4 members (excludes halogenated alkanes) is 1. The Kier molecular flexibility index (Phi) is 6.64. The van der Waals surface area contributed by atoms with E-state index in [0.717, 1.165) is 25.8 Å². The normalized spacial score (nSPS) is 12.2. The van der Waals surface area contributed by atoms with Crippen LogP contribution in [-0.4, -0.2) is 47.1 Å². The zero-order valence-electron chi connectivity index (χ0n) is 12.5. The number of aliphatic hydroxyl groups is 1. The predicted octanol–water partition coefficient (Wildman–Crippen LogP) is 1.38. The fourth-order valence-corrected chi connectivity index (χ4v) is 3.47. The summed E-state index contributed by atoms with van der Waals surface area (Å²) in [7, 11) is -3.61. The Balaban J connectivity index is 3.02. The molecule has 0 fully saturated rings. The van der Waals surface area contributed by atoms with Gasteiger partial charge in [-0.2, -0.15) is 4.31 Å². The molecule has 1 rings (SSSR count). The molecule has 0 saturated carbocycles. The van der Waals surface area contributed by atoms with E-state index in [1.165, 1.54) is 4.31 Å². The summed E-state index contributed by atoms with van der Waals surface area (Å²) >= 11 is 0. The highest BCUT2D eigenvalue weighted by atomic mass is 32.2. The van der Waals surface area contributed by atoms with Crippen molar-refractivity contribution in [3.63, 3.8) is 0 Å². The average Bonchev–Trinajstić information content (AvgIpc) is 2.77. The number of aromatic nitrogens is 2. The lowest BCUT2D eigenvalue weighted by Gasteiger charge is -2.19. The van der Waals surface area contributed by atoms with Crippen LogP contribution in [-0.2, 0) is 16.6 Å². The molecule has 116 valence electrons. The molecule has 0 aliphatic rings. The summed E-state index contributed by atoms with van der Waals surface area (Å²) in [5, 5.41) is 9.14. The molecular weight excluding hydrogens is 278 g/mol. The lowest BCUT2D eigenvalue weighted by Crippen LogP contribution is -2.34. The van der Waals surface area contributed by atoms with E-state index in [1.54, 1.807) is 13.1 Å². The second-order valence-corrected chi connectivity index (χ2v) is 6.69. The van der Waals surface area contributed by atoms with Gasteiger partial charge < -0.3 is 9.67 Å². The van der Waals surface area contributed by atoms with Crippen LogP contribution in [0.3, 0.4) is 0 Å². The topological polar surface area (TPSA) is 75.4 Å². The second kappa shape index (κ2) is 7.75. The van der Waals surface area contributed by atoms with E-state index in [9.17, 15) is 8.42 Å². The Hall–Kier alpha value is -0.920. The Morgan fingerprint density at radius 1 is 1.30 bits per heavy atom. The first-order chi connectivity index (χ1) is 9.47. The number of aryl methyl sites for hydroxylation is 2. The highest BCUT2D eigenvalue weighted by Crippen LogP contribution is 2.16. The molecule has 1 aromatic rings. The third kappa shape index (κ3) is 4.04. The summed E-state index contributed by atoms with van der Waals surface area (Å²) in [5.41, 5.74) is 0. The van der Waals surface area contributed by atoms with E-state index in [0.29, 0.717) is 12.4 Å². The molecule has 0 aliphatic heterocycles. The number of imidazole rings is 1. The largest absolute Gasteiger partial charge is 0.395 e. The third-order valence-electron chi connectivity index (χ3n) is 3.13. The molecule has 0 radical (unpaired) electrons.